The summed E-state index contributed by atoms with van der Waals surface area (Å²) in [6.45, 7) is 8.22. The molecule has 0 aromatic carbocycles. The van der Waals surface area contributed by atoms with E-state index in [1.54, 1.807) is 0 Å². The number of aromatic nitrogens is 5. The highest BCUT2D eigenvalue weighted by Crippen LogP contribution is 2.40. The number of ether oxygens (including phenoxy) is 1. The molecule has 6 rings (SSSR count). The minimum Gasteiger partial charge on any atom is -0.375 e. The van der Waals surface area contributed by atoms with Crippen molar-refractivity contribution in [1.29, 1.82) is 0 Å². The molecule has 3 aromatic heterocycles. The summed E-state index contributed by atoms with van der Waals surface area (Å²) in [4.78, 5) is 16.6. The van der Waals surface area contributed by atoms with E-state index < -0.39 is 12.3 Å². The smallest absolute Gasteiger partial charge is 0.241 e. The first kappa shape index (κ1) is 25.0. The molecule has 9 heteroatoms. The molecule has 2 aliphatic carbocycles. The number of nitrogens with zero attached hydrogens (tertiary/aromatic N) is 6. The second kappa shape index (κ2) is 10.7. The van der Waals surface area contributed by atoms with Crippen LogP contribution in [0.3, 0.4) is 0 Å². The molecule has 0 amide bonds. The lowest BCUT2D eigenvalue weighted by atomic mass is 9.80. The van der Waals surface area contributed by atoms with Gasteiger partial charge in [0.2, 0.25) is 12.4 Å². The molecule has 3 fully saturated rings. The van der Waals surface area contributed by atoms with E-state index in [0.717, 1.165) is 54.3 Å². The summed E-state index contributed by atoms with van der Waals surface area (Å²) in [5.74, 6) is 0.386. The highest BCUT2D eigenvalue weighted by atomic mass is 19.3. The van der Waals surface area contributed by atoms with Gasteiger partial charge in [0.05, 0.1) is 24.4 Å². The summed E-state index contributed by atoms with van der Waals surface area (Å²) in [5, 5.41) is 5.06. The maximum atomic E-state index is 13.1. The Morgan fingerprint density at radius 3 is 2.44 bits per heavy atom. The van der Waals surface area contributed by atoms with Crippen molar-refractivity contribution in [2.75, 3.05) is 24.6 Å². The molecule has 1 saturated heterocycles. The highest BCUT2D eigenvalue weighted by Gasteiger charge is 2.31. The molecule has 3 aliphatic rings. The van der Waals surface area contributed by atoms with Gasteiger partial charge in [0, 0.05) is 48.4 Å². The fourth-order valence-electron chi connectivity index (χ4n) is 5.19. The number of hydrogen-bond donors (Lipinski definition) is 0. The minimum atomic E-state index is -2.22. The van der Waals surface area contributed by atoms with E-state index in [2.05, 4.69) is 16.1 Å². The molecule has 1 unspecified atom stereocenters. The Morgan fingerprint density at radius 2 is 1.81 bits per heavy atom. The fraction of sp³-hybridized carbons (Fsp3) is 0.630. The number of pyridine rings is 1. The molecule has 0 N–H and O–H groups in total. The molecule has 4 heterocycles. The van der Waals surface area contributed by atoms with Crippen molar-refractivity contribution >= 4 is 17.0 Å². The number of morpholine rings is 1. The molecule has 1 atom stereocenters. The quantitative estimate of drug-likeness (QED) is 0.465. The van der Waals surface area contributed by atoms with Crippen molar-refractivity contribution < 1.29 is 13.5 Å². The summed E-state index contributed by atoms with van der Waals surface area (Å²) < 4.78 is 33.9. The van der Waals surface area contributed by atoms with Crippen LogP contribution in [0.2, 0.25) is 0 Å². The van der Waals surface area contributed by atoms with Crippen LogP contribution in [-0.2, 0) is 4.74 Å². The maximum absolute atomic E-state index is 13.1. The molecule has 194 valence electrons. The van der Waals surface area contributed by atoms with E-state index in [4.69, 9.17) is 19.7 Å². The zero-order chi connectivity index (χ0) is 25.2. The molecule has 36 heavy (non-hydrogen) atoms. The molecule has 3 aromatic rings. The van der Waals surface area contributed by atoms with Crippen LogP contribution in [0.1, 0.15) is 74.4 Å². The van der Waals surface area contributed by atoms with E-state index in [1.807, 2.05) is 43.9 Å². The standard InChI is InChI=1S/C21H28F2N4O.C6H8N2/c1-12-10-17-18(15-4-6-16(7-5-15)19(22)23)25-21(26-20(17)24-14(12)3)27-8-9-28-13(2)11-27;1-4-7-8(5-1)6-2-3-6/h10,13,15-16,19H,4-9,11H2,1-3H3;1,4-6H,2-3H2. The second-order valence-corrected chi connectivity index (χ2v) is 10.5. The SMILES string of the molecule is Cc1cc2c(C3CCC(C(F)F)CC3)nc(N3CCOC(C)C3)nc2nc1C.c1cnn(C2CC2)c1. The van der Waals surface area contributed by atoms with Crippen molar-refractivity contribution in [1.82, 2.24) is 24.7 Å². The highest BCUT2D eigenvalue weighted by molar-refractivity contribution is 5.80. The summed E-state index contributed by atoms with van der Waals surface area (Å²) in [7, 11) is 0. The van der Waals surface area contributed by atoms with Gasteiger partial charge in [0.25, 0.3) is 0 Å². The minimum absolute atomic E-state index is 0.130. The van der Waals surface area contributed by atoms with Gasteiger partial charge in [-0.2, -0.15) is 10.1 Å². The zero-order valence-corrected chi connectivity index (χ0v) is 21.4. The molecular weight excluding hydrogens is 462 g/mol. The number of alkyl halides is 2. The van der Waals surface area contributed by atoms with Crippen molar-refractivity contribution in [3.8, 4) is 0 Å². The van der Waals surface area contributed by atoms with Crippen molar-refractivity contribution in [2.45, 2.75) is 83.8 Å². The molecule has 0 radical (unpaired) electrons. The predicted octanol–water partition coefficient (Wildman–Crippen LogP) is 5.62. The van der Waals surface area contributed by atoms with E-state index in [9.17, 15) is 8.78 Å². The Balaban J connectivity index is 0.000000280. The van der Waals surface area contributed by atoms with Gasteiger partial charge in [-0.15, -0.1) is 0 Å². The lowest BCUT2D eigenvalue weighted by Gasteiger charge is -2.32. The summed E-state index contributed by atoms with van der Waals surface area (Å²) in [6.07, 6.45) is 7.00. The Labute approximate surface area is 211 Å². The van der Waals surface area contributed by atoms with Crippen LogP contribution in [0.25, 0.3) is 11.0 Å². The van der Waals surface area contributed by atoms with Crippen LogP contribution < -0.4 is 4.90 Å². The average molecular weight is 499 g/mol. The second-order valence-electron chi connectivity index (χ2n) is 10.5. The zero-order valence-electron chi connectivity index (χ0n) is 21.4. The Morgan fingerprint density at radius 1 is 1.03 bits per heavy atom. The predicted molar refractivity (Wildman–Crippen MR) is 136 cm³/mol. The monoisotopic (exact) mass is 498 g/mol. The third-order valence-electron chi connectivity index (χ3n) is 7.63. The van der Waals surface area contributed by atoms with Crippen LogP contribution >= 0.6 is 0 Å². The van der Waals surface area contributed by atoms with Gasteiger partial charge in [-0.25, -0.2) is 18.7 Å². The van der Waals surface area contributed by atoms with Gasteiger partial charge in [-0.1, -0.05) is 0 Å². The topological polar surface area (TPSA) is 69.0 Å². The molecular formula is C27H36F2N6O. The van der Waals surface area contributed by atoms with E-state index in [1.165, 1.54) is 12.8 Å². The maximum Gasteiger partial charge on any atom is 0.241 e. The van der Waals surface area contributed by atoms with Crippen molar-refractivity contribution in [2.24, 2.45) is 5.92 Å². The summed E-state index contributed by atoms with van der Waals surface area (Å²) >= 11 is 0. The fourth-order valence-corrected chi connectivity index (χ4v) is 5.19. The van der Waals surface area contributed by atoms with Crippen molar-refractivity contribution in [3.63, 3.8) is 0 Å². The number of fused-ring (bicyclic) bond motifs is 1. The summed E-state index contributed by atoms with van der Waals surface area (Å²) in [6, 6.07) is 4.82. The first-order valence-electron chi connectivity index (χ1n) is 13.2. The summed E-state index contributed by atoms with van der Waals surface area (Å²) in [5.41, 5.74) is 3.74. The van der Waals surface area contributed by atoms with Crippen LogP contribution in [0.15, 0.2) is 24.5 Å². The molecule has 2 saturated carbocycles. The van der Waals surface area contributed by atoms with Crippen LogP contribution in [0, 0.1) is 19.8 Å². The number of rotatable bonds is 4. The number of hydrogen-bond acceptors (Lipinski definition) is 6. The Bertz CT molecular complexity index is 1160. The lowest BCUT2D eigenvalue weighted by molar-refractivity contribution is 0.0522. The van der Waals surface area contributed by atoms with Crippen LogP contribution in [0.5, 0.6) is 0 Å². The van der Waals surface area contributed by atoms with Crippen LogP contribution in [-0.4, -0.2) is 57.0 Å². The van der Waals surface area contributed by atoms with E-state index >= 15 is 0 Å². The van der Waals surface area contributed by atoms with Gasteiger partial charge in [-0.3, -0.25) is 4.68 Å². The van der Waals surface area contributed by atoms with Gasteiger partial charge < -0.3 is 9.64 Å². The largest absolute Gasteiger partial charge is 0.375 e. The molecule has 1 aliphatic heterocycles. The number of aryl methyl sites for hydroxylation is 2. The van der Waals surface area contributed by atoms with E-state index in [-0.39, 0.29) is 12.0 Å². The van der Waals surface area contributed by atoms with E-state index in [0.29, 0.717) is 31.0 Å². The molecule has 0 spiro atoms. The van der Waals surface area contributed by atoms with Gasteiger partial charge in [0.15, 0.2) is 5.65 Å². The van der Waals surface area contributed by atoms with Crippen LogP contribution in [0.4, 0.5) is 14.7 Å². The number of halogens is 2. The number of anilines is 1. The first-order valence-corrected chi connectivity index (χ1v) is 13.2. The molecule has 7 nitrogen and oxygen atoms in total. The Kier molecular flexibility index (Phi) is 7.46. The average Bonchev–Trinajstić information content (AvgIpc) is 3.58. The Hall–Kier alpha value is -2.68. The van der Waals surface area contributed by atoms with Gasteiger partial charge in [-0.05, 0) is 77.0 Å². The first-order chi connectivity index (χ1) is 17.4. The normalized spacial score (nSPS) is 24.6. The molecule has 0 bridgehead atoms. The van der Waals surface area contributed by atoms with Gasteiger partial charge in [0.1, 0.15) is 0 Å². The van der Waals surface area contributed by atoms with Gasteiger partial charge >= 0.3 is 0 Å². The third-order valence-corrected chi connectivity index (χ3v) is 7.63. The third kappa shape index (κ3) is 5.66. The van der Waals surface area contributed by atoms with Crippen molar-refractivity contribution in [3.05, 3.63) is 41.5 Å². The lowest BCUT2D eigenvalue weighted by Crippen LogP contribution is -2.42.